The predicted octanol–water partition coefficient (Wildman–Crippen LogP) is 4.39. The lowest BCUT2D eigenvalue weighted by molar-refractivity contribution is 0.350. The maximum absolute atomic E-state index is 13.7. The number of anilines is 1. The minimum absolute atomic E-state index is 0.127. The van der Waals surface area contributed by atoms with Crippen molar-refractivity contribution in [2.24, 2.45) is 11.7 Å². The summed E-state index contributed by atoms with van der Waals surface area (Å²) in [5.41, 5.74) is 7.99. The van der Waals surface area contributed by atoms with Gasteiger partial charge < -0.3 is 21.5 Å². The van der Waals surface area contributed by atoms with Crippen molar-refractivity contribution >= 4 is 22.7 Å². The Morgan fingerprint density at radius 3 is 2.92 bits per heavy atom. The van der Waals surface area contributed by atoms with E-state index in [1.165, 1.54) is 24.4 Å². The summed E-state index contributed by atoms with van der Waals surface area (Å²) in [6, 6.07) is 8.64. The second-order valence-electron chi connectivity index (χ2n) is 8.65. The van der Waals surface area contributed by atoms with Crippen LogP contribution in [0.1, 0.15) is 25.0 Å². The molecular weight excluding hydrogens is 482 g/mol. The number of allylic oxidation sites excluding steroid dienone is 4. The highest BCUT2D eigenvalue weighted by molar-refractivity contribution is 7.94. The highest BCUT2D eigenvalue weighted by Gasteiger charge is 2.32. The number of piperidine rings is 1. The standard InChI is InChI=1S/C26H30F2N6OS/c1-36(22-6-2-4-20(28)16-22)34-14-3-5-21(17-34)32-26-31-12-11-23(33-26)25(30-13-15-35)24(29)18-7-9-19(27)10-8-18/h2,4,6-7,9-13,15-16,18,21,30H,3,5,8,14,17H2,1H3,(H3-,29,31,32,33,35)/p+1/b15-13-/t18?,21-,36?/m1/s1. The van der Waals surface area contributed by atoms with E-state index in [0.717, 1.165) is 37.1 Å². The molecule has 10 heteroatoms. The van der Waals surface area contributed by atoms with Crippen molar-refractivity contribution < 1.29 is 13.9 Å². The first-order valence-electron chi connectivity index (χ1n) is 11.8. The zero-order valence-corrected chi connectivity index (χ0v) is 20.9. The van der Waals surface area contributed by atoms with Crippen LogP contribution >= 0.6 is 0 Å². The molecule has 0 amide bonds. The number of aliphatic hydroxyl groups is 1. The molecule has 2 aliphatic rings. The van der Waals surface area contributed by atoms with Gasteiger partial charge in [0.25, 0.3) is 0 Å². The molecular formula is C26H31F2N6OS+. The number of aliphatic hydroxyl groups excluding tert-OH is 1. The lowest BCUT2D eigenvalue weighted by Crippen LogP contribution is -2.45. The normalized spacial score (nSPS) is 22.1. The molecule has 1 aromatic carbocycles. The summed E-state index contributed by atoms with van der Waals surface area (Å²) in [5, 5.41) is 15.6. The van der Waals surface area contributed by atoms with Gasteiger partial charge in [0.05, 0.1) is 24.2 Å². The van der Waals surface area contributed by atoms with Gasteiger partial charge in [-0.25, -0.2) is 18.7 Å². The van der Waals surface area contributed by atoms with Gasteiger partial charge >= 0.3 is 0 Å². The Morgan fingerprint density at radius 1 is 1.31 bits per heavy atom. The van der Waals surface area contributed by atoms with Crippen LogP contribution in [0, 0.1) is 11.7 Å². The van der Waals surface area contributed by atoms with E-state index in [1.807, 2.05) is 6.07 Å². The summed E-state index contributed by atoms with van der Waals surface area (Å²) in [6.07, 6.45) is 13.0. The van der Waals surface area contributed by atoms with Crippen molar-refractivity contribution in [1.29, 1.82) is 0 Å². The van der Waals surface area contributed by atoms with E-state index in [0.29, 0.717) is 29.5 Å². The summed E-state index contributed by atoms with van der Waals surface area (Å²) < 4.78 is 29.5. The first-order valence-corrected chi connectivity index (χ1v) is 13.4. The van der Waals surface area contributed by atoms with Gasteiger partial charge in [-0.1, -0.05) is 12.1 Å². The van der Waals surface area contributed by atoms with Crippen molar-refractivity contribution in [3.8, 4) is 0 Å². The van der Waals surface area contributed by atoms with Gasteiger partial charge in [0.15, 0.2) is 4.90 Å². The molecule has 2 aromatic rings. The van der Waals surface area contributed by atoms with Crippen LogP contribution in [-0.4, -0.2) is 44.8 Å². The molecule has 0 bridgehead atoms. The summed E-state index contributed by atoms with van der Waals surface area (Å²) in [5.74, 6) is -0.249. The van der Waals surface area contributed by atoms with Gasteiger partial charge in [0.1, 0.15) is 29.0 Å². The molecule has 36 heavy (non-hydrogen) atoms. The van der Waals surface area contributed by atoms with Crippen LogP contribution in [0.25, 0.3) is 5.70 Å². The molecule has 1 aliphatic carbocycles. The molecule has 0 spiro atoms. The third-order valence-corrected chi connectivity index (χ3v) is 8.24. The summed E-state index contributed by atoms with van der Waals surface area (Å²) in [6.45, 7) is 1.73. The van der Waals surface area contributed by atoms with Crippen LogP contribution in [0.4, 0.5) is 14.7 Å². The molecule has 0 radical (unpaired) electrons. The summed E-state index contributed by atoms with van der Waals surface area (Å²) in [7, 11) is 0. The number of nitrogens with one attached hydrogen (secondary N) is 2. The Labute approximate surface area is 213 Å². The van der Waals surface area contributed by atoms with E-state index >= 15 is 0 Å². The summed E-state index contributed by atoms with van der Waals surface area (Å²) >= 11 is -0.227. The maximum Gasteiger partial charge on any atom is 0.223 e. The van der Waals surface area contributed by atoms with E-state index < -0.39 is 0 Å². The third-order valence-electron chi connectivity index (χ3n) is 6.20. The highest BCUT2D eigenvalue weighted by Crippen LogP contribution is 2.27. The van der Waals surface area contributed by atoms with Gasteiger partial charge in [0.2, 0.25) is 5.95 Å². The zero-order valence-electron chi connectivity index (χ0n) is 20.1. The number of halogens is 2. The molecule has 7 nitrogen and oxygen atoms in total. The van der Waals surface area contributed by atoms with Gasteiger partial charge in [0, 0.05) is 42.7 Å². The number of nitrogens with two attached hydrogens (primary N) is 1. The average molecular weight is 514 g/mol. The van der Waals surface area contributed by atoms with Gasteiger partial charge in [-0.2, -0.15) is 0 Å². The number of benzene rings is 1. The van der Waals surface area contributed by atoms with E-state index in [9.17, 15) is 13.9 Å². The number of hydrogen-bond acceptors (Lipinski definition) is 7. The molecule has 3 atom stereocenters. The Balaban J connectivity index is 1.50. The molecule has 190 valence electrons. The molecule has 1 aromatic heterocycles. The Kier molecular flexibility index (Phi) is 8.61. The van der Waals surface area contributed by atoms with Crippen molar-refractivity contribution in [3.05, 3.63) is 90.3 Å². The Hall–Kier alpha value is -3.37. The quantitative estimate of drug-likeness (QED) is 0.307. The monoisotopic (exact) mass is 513 g/mol. The molecule has 5 N–H and O–H groups in total. The van der Waals surface area contributed by atoms with Gasteiger partial charge in [-0.15, -0.1) is 4.31 Å². The van der Waals surface area contributed by atoms with Crippen LogP contribution in [0.3, 0.4) is 0 Å². The van der Waals surface area contributed by atoms with E-state index in [-0.39, 0.29) is 34.7 Å². The molecule has 1 fully saturated rings. The average Bonchev–Trinajstić information content (AvgIpc) is 2.89. The highest BCUT2D eigenvalue weighted by atomic mass is 32.2. The number of aromatic nitrogens is 2. The van der Waals surface area contributed by atoms with Crippen molar-refractivity contribution in [2.45, 2.75) is 30.2 Å². The third kappa shape index (κ3) is 6.44. The zero-order chi connectivity index (χ0) is 25.5. The lowest BCUT2D eigenvalue weighted by Gasteiger charge is -2.30. The van der Waals surface area contributed by atoms with Crippen LogP contribution in [-0.2, 0) is 11.1 Å². The lowest BCUT2D eigenvalue weighted by atomic mass is 9.95. The Morgan fingerprint density at radius 2 is 2.17 bits per heavy atom. The Bertz CT molecular complexity index is 1180. The fraction of sp³-hybridized carbons (Fsp3) is 0.308. The second-order valence-corrected chi connectivity index (χ2v) is 10.6. The topological polar surface area (TPSA) is 99.3 Å². The van der Waals surface area contributed by atoms with Gasteiger partial charge in [-0.05, 0) is 49.6 Å². The van der Waals surface area contributed by atoms with Crippen molar-refractivity contribution in [2.75, 3.05) is 24.7 Å². The molecule has 2 heterocycles. The molecule has 0 saturated carbocycles. The van der Waals surface area contributed by atoms with Crippen LogP contribution in [0.15, 0.2) is 83.6 Å². The number of nitrogens with zero attached hydrogens (tertiary/aromatic N) is 3. The number of rotatable bonds is 8. The minimum Gasteiger partial charge on any atom is -0.514 e. The van der Waals surface area contributed by atoms with Crippen LogP contribution in [0.5, 0.6) is 0 Å². The SMILES string of the molecule is C[S+](c1cccc(F)c1)N1CCC[C@@H](Nc2nccc(/C(N/C=C\O)=C(/N)C3C=CC(F)=CC3)n2)C1. The molecule has 1 saturated heterocycles. The number of hydrogen-bond donors (Lipinski definition) is 4. The van der Waals surface area contributed by atoms with Crippen LogP contribution in [0.2, 0.25) is 0 Å². The van der Waals surface area contributed by atoms with Crippen molar-refractivity contribution in [3.63, 3.8) is 0 Å². The second kappa shape index (κ2) is 12.0. The fourth-order valence-electron chi connectivity index (χ4n) is 4.29. The van der Waals surface area contributed by atoms with Crippen LogP contribution < -0.4 is 16.4 Å². The minimum atomic E-state index is -0.286. The first kappa shape index (κ1) is 25.7. The molecule has 4 rings (SSSR count). The molecule has 2 unspecified atom stereocenters. The van der Waals surface area contributed by atoms with Gasteiger partial charge in [-0.3, -0.25) is 0 Å². The predicted molar refractivity (Wildman–Crippen MR) is 141 cm³/mol. The van der Waals surface area contributed by atoms with E-state index in [4.69, 9.17) is 5.73 Å². The fourth-order valence-corrected chi connectivity index (χ4v) is 5.96. The van der Waals surface area contributed by atoms with Crippen molar-refractivity contribution in [1.82, 2.24) is 19.6 Å². The smallest absolute Gasteiger partial charge is 0.223 e. The largest absolute Gasteiger partial charge is 0.514 e. The maximum atomic E-state index is 13.7. The first-order chi connectivity index (χ1) is 17.4. The van der Waals surface area contributed by atoms with E-state index in [1.54, 1.807) is 30.5 Å². The molecule has 1 aliphatic heterocycles. The van der Waals surface area contributed by atoms with E-state index in [2.05, 4.69) is 31.2 Å². The summed E-state index contributed by atoms with van der Waals surface area (Å²) in [4.78, 5) is 10.1.